The van der Waals surface area contributed by atoms with Crippen LogP contribution in [0.3, 0.4) is 0 Å². The number of carbonyl (C=O) groups is 5. The van der Waals surface area contributed by atoms with Gasteiger partial charge in [0.2, 0.25) is 5.91 Å². The molecule has 14 heteroatoms. The average Bonchev–Trinajstić information content (AvgIpc) is 3.86. The highest BCUT2D eigenvalue weighted by Gasteiger charge is 2.18. The maximum atomic E-state index is 12.5. The summed E-state index contributed by atoms with van der Waals surface area (Å²) in [6.45, 7) is 8.17. The predicted octanol–water partition coefficient (Wildman–Crippen LogP) is 5.11. The molecular formula is C37H41N3O10S. The highest BCUT2D eigenvalue weighted by molar-refractivity contribution is 7.22. The molecule has 0 saturated carbocycles. The van der Waals surface area contributed by atoms with Crippen molar-refractivity contribution in [3.8, 4) is 16.2 Å². The van der Waals surface area contributed by atoms with Crippen LogP contribution in [0, 0.1) is 6.92 Å². The topological polar surface area (TPSA) is 205 Å². The van der Waals surface area contributed by atoms with Crippen molar-refractivity contribution >= 4 is 56.9 Å². The third-order valence-corrected chi connectivity index (χ3v) is 9.76. The van der Waals surface area contributed by atoms with Crippen LogP contribution in [0.4, 0.5) is 5.69 Å². The van der Waals surface area contributed by atoms with Crippen molar-refractivity contribution in [1.82, 2.24) is 9.80 Å². The summed E-state index contributed by atoms with van der Waals surface area (Å²) in [6.07, 6.45) is 5.82. The van der Waals surface area contributed by atoms with Gasteiger partial charge in [-0.1, -0.05) is 30.3 Å². The average molecular weight is 720 g/mol. The number of likely N-dealkylation sites (tertiary alicyclic amines) is 2. The van der Waals surface area contributed by atoms with Gasteiger partial charge in [-0.15, -0.1) is 11.3 Å². The number of amides is 1. The van der Waals surface area contributed by atoms with Crippen molar-refractivity contribution in [3.05, 3.63) is 82.9 Å². The number of rotatable bonds is 8. The molecule has 3 aromatic carbocycles. The molecule has 0 bridgehead atoms. The maximum absolute atomic E-state index is 12.5. The molecule has 2 fully saturated rings. The second-order valence-electron chi connectivity index (χ2n) is 12.3. The van der Waals surface area contributed by atoms with E-state index >= 15 is 0 Å². The number of nitrogens with one attached hydrogen (secondary N) is 1. The Morgan fingerprint density at radius 1 is 0.725 bits per heavy atom. The number of hydrogen-bond acceptors (Lipinski definition) is 9. The third-order valence-electron chi connectivity index (χ3n) is 8.52. The minimum Gasteiger partial charge on any atom is -0.508 e. The van der Waals surface area contributed by atoms with Crippen molar-refractivity contribution in [2.75, 3.05) is 38.0 Å². The second-order valence-corrected chi connectivity index (χ2v) is 13.4. The first kappa shape index (κ1) is 38.5. The molecule has 2 aliphatic rings. The molecule has 0 spiro atoms. The van der Waals surface area contributed by atoms with E-state index in [2.05, 4.69) is 52.4 Å². The fraction of sp³-hybridized carbons (Fsp3) is 0.324. The summed E-state index contributed by atoms with van der Waals surface area (Å²) in [7, 11) is 0. The molecule has 0 aliphatic carbocycles. The van der Waals surface area contributed by atoms with E-state index in [1.807, 2.05) is 24.3 Å². The number of anilines is 1. The van der Waals surface area contributed by atoms with E-state index in [0.29, 0.717) is 12.3 Å². The van der Waals surface area contributed by atoms with Crippen LogP contribution in [0.1, 0.15) is 47.9 Å². The van der Waals surface area contributed by atoms with Crippen molar-refractivity contribution < 1.29 is 49.5 Å². The summed E-state index contributed by atoms with van der Waals surface area (Å²) >= 11 is 1.72. The molecule has 1 amide bonds. The fourth-order valence-electron chi connectivity index (χ4n) is 6.03. The smallest absolute Gasteiger partial charge is 0.414 e. The quantitative estimate of drug-likeness (QED) is 0.131. The Bertz CT molecular complexity index is 1830. The number of phenols is 1. The molecule has 0 atom stereocenters. The van der Waals surface area contributed by atoms with Gasteiger partial charge in [0.05, 0.1) is 6.54 Å². The molecule has 2 aliphatic heterocycles. The van der Waals surface area contributed by atoms with Gasteiger partial charge in [-0.25, -0.2) is 19.2 Å². The molecule has 6 N–H and O–H groups in total. The lowest BCUT2D eigenvalue weighted by molar-refractivity contribution is -0.159. The highest BCUT2D eigenvalue weighted by atomic mass is 32.1. The van der Waals surface area contributed by atoms with Crippen LogP contribution in [-0.4, -0.2) is 97.8 Å². The fourth-order valence-corrected chi connectivity index (χ4v) is 7.29. The number of fused-ring (bicyclic) bond motifs is 1. The predicted molar refractivity (Wildman–Crippen MR) is 192 cm³/mol. The number of carbonyl (C=O) groups excluding carboxylic acids is 1. The molecule has 2 saturated heterocycles. The first-order chi connectivity index (χ1) is 24.3. The van der Waals surface area contributed by atoms with Crippen LogP contribution in [-0.2, 0) is 36.9 Å². The summed E-state index contributed by atoms with van der Waals surface area (Å²) in [5.41, 5.74) is 7.32. The number of aliphatic carboxylic acids is 4. The van der Waals surface area contributed by atoms with E-state index in [1.165, 1.54) is 71.3 Å². The van der Waals surface area contributed by atoms with Crippen molar-refractivity contribution in [3.63, 3.8) is 0 Å². The minimum atomic E-state index is -1.82. The van der Waals surface area contributed by atoms with Gasteiger partial charge in [-0.2, -0.15) is 0 Å². The lowest BCUT2D eigenvalue weighted by Crippen LogP contribution is -2.30. The summed E-state index contributed by atoms with van der Waals surface area (Å²) in [5.74, 6) is -6.96. The summed E-state index contributed by atoms with van der Waals surface area (Å²) in [4.78, 5) is 54.9. The maximum Gasteiger partial charge on any atom is 0.414 e. The zero-order chi connectivity index (χ0) is 37.1. The molecule has 4 aromatic rings. The lowest BCUT2D eigenvalue weighted by atomic mass is 9.96. The van der Waals surface area contributed by atoms with E-state index in [9.17, 15) is 9.90 Å². The lowest BCUT2D eigenvalue weighted by Gasteiger charge is -2.17. The first-order valence-electron chi connectivity index (χ1n) is 16.4. The first-order valence-corrected chi connectivity index (χ1v) is 17.2. The zero-order valence-corrected chi connectivity index (χ0v) is 28.9. The Balaban J connectivity index is 0.000000420. The minimum absolute atomic E-state index is 0.0474. The van der Waals surface area contributed by atoms with Crippen LogP contribution >= 0.6 is 11.3 Å². The number of carboxylic acids is 4. The number of hydrogen-bond donors (Lipinski definition) is 6. The number of nitrogens with zero attached hydrogens (tertiary/aromatic N) is 2. The molecule has 51 heavy (non-hydrogen) atoms. The standard InChI is InChI=1S/C33H37N3O2S.2C2H2O4/c1-23-18-24(6-7-26(23)21-35-14-2-3-15-35)19-30-29-13-12-28(37)20-31(29)39-33(30)25-8-10-27(11-9-25)34-32(38)22-36-16-4-5-17-36;2*3-1(4)2(5)6/h6-13,18,20,37H,2-5,14-17,19,21-22H2,1H3,(H,34,38);2*(H,3,4)(H,5,6). The van der Waals surface area contributed by atoms with Gasteiger partial charge in [0.15, 0.2) is 0 Å². The SMILES string of the molecule is Cc1cc(Cc2c(-c3ccc(NC(=O)CN4CCCC4)cc3)sc3cc(O)ccc23)ccc1CN1CCCC1.O=C(O)C(=O)O.O=C(O)C(=O)O. The Morgan fingerprint density at radius 3 is 1.84 bits per heavy atom. The molecule has 0 unspecified atom stereocenters. The van der Waals surface area contributed by atoms with Gasteiger partial charge in [0.25, 0.3) is 0 Å². The van der Waals surface area contributed by atoms with Crippen LogP contribution < -0.4 is 5.32 Å². The number of carboxylic acid groups (broad SMARTS) is 4. The van der Waals surface area contributed by atoms with E-state index < -0.39 is 23.9 Å². The normalized spacial score (nSPS) is 14.2. The molecular weight excluding hydrogens is 678 g/mol. The number of benzene rings is 3. The van der Waals surface area contributed by atoms with Gasteiger partial charge in [-0.3, -0.25) is 14.6 Å². The van der Waals surface area contributed by atoms with Crippen LogP contribution in [0.5, 0.6) is 5.75 Å². The van der Waals surface area contributed by atoms with Crippen LogP contribution in [0.2, 0.25) is 0 Å². The zero-order valence-electron chi connectivity index (χ0n) is 28.1. The van der Waals surface area contributed by atoms with Gasteiger partial charge >= 0.3 is 23.9 Å². The largest absolute Gasteiger partial charge is 0.508 e. The van der Waals surface area contributed by atoms with Gasteiger partial charge in [-0.05, 0) is 129 Å². The van der Waals surface area contributed by atoms with Crippen molar-refractivity contribution in [1.29, 1.82) is 0 Å². The third kappa shape index (κ3) is 11.4. The molecule has 6 rings (SSSR count). The molecule has 13 nitrogen and oxygen atoms in total. The summed E-state index contributed by atoms with van der Waals surface area (Å²) < 4.78 is 1.09. The molecule has 0 radical (unpaired) electrons. The van der Waals surface area contributed by atoms with E-state index in [0.717, 1.165) is 42.0 Å². The molecule has 1 aromatic heterocycles. The number of aromatic hydroxyl groups is 1. The van der Waals surface area contributed by atoms with Gasteiger partial charge in [0, 0.05) is 21.8 Å². The summed E-state index contributed by atoms with van der Waals surface area (Å²) in [5, 5.41) is 44.0. The van der Waals surface area contributed by atoms with Gasteiger partial charge in [0.1, 0.15) is 5.75 Å². The summed E-state index contributed by atoms with van der Waals surface area (Å²) in [6, 6.07) is 20.8. The number of phenolic OH excluding ortho intramolecular Hbond substituents is 1. The van der Waals surface area contributed by atoms with Gasteiger partial charge < -0.3 is 30.8 Å². The van der Waals surface area contributed by atoms with Crippen LogP contribution in [0.15, 0.2) is 60.7 Å². The Morgan fingerprint density at radius 2 is 1.29 bits per heavy atom. The second kappa shape index (κ2) is 18.1. The Hall–Kier alpha value is -5.31. The number of aryl methyl sites for hydroxylation is 1. The van der Waals surface area contributed by atoms with E-state index in [1.54, 1.807) is 17.4 Å². The molecule has 3 heterocycles. The monoisotopic (exact) mass is 719 g/mol. The Kier molecular flexibility index (Phi) is 13.6. The molecule has 270 valence electrons. The Labute approximate surface area is 298 Å². The number of thiophene rings is 1. The highest BCUT2D eigenvalue weighted by Crippen LogP contribution is 2.41. The van der Waals surface area contributed by atoms with E-state index in [4.69, 9.17) is 39.6 Å². The van der Waals surface area contributed by atoms with Crippen LogP contribution in [0.25, 0.3) is 20.5 Å². The van der Waals surface area contributed by atoms with Crippen molar-refractivity contribution in [2.45, 2.75) is 45.6 Å². The van der Waals surface area contributed by atoms with E-state index in [-0.39, 0.29) is 5.91 Å². The van der Waals surface area contributed by atoms with Crippen molar-refractivity contribution in [2.24, 2.45) is 0 Å².